The number of benzene rings is 1. The Hall–Kier alpha value is -2.35. The SMILES string of the molecule is COC(=O)CC1CN(c2ccc([N+](=O)[O-])c(N)c2)CCO1. The van der Waals surface area contributed by atoms with Crippen molar-refractivity contribution in [2.45, 2.75) is 12.5 Å². The summed E-state index contributed by atoms with van der Waals surface area (Å²) in [5.41, 5.74) is 6.47. The van der Waals surface area contributed by atoms with Crippen molar-refractivity contribution in [2.75, 3.05) is 37.4 Å². The monoisotopic (exact) mass is 295 g/mol. The highest BCUT2D eigenvalue weighted by Crippen LogP contribution is 2.28. The molecule has 1 atom stereocenters. The number of nitrogens with zero attached hydrogens (tertiary/aromatic N) is 2. The van der Waals surface area contributed by atoms with Crippen LogP contribution in [0.15, 0.2) is 18.2 Å². The lowest BCUT2D eigenvalue weighted by Gasteiger charge is -2.34. The number of nitro benzene ring substituents is 1. The summed E-state index contributed by atoms with van der Waals surface area (Å²) >= 11 is 0. The van der Waals surface area contributed by atoms with Gasteiger partial charge in [0.15, 0.2) is 0 Å². The summed E-state index contributed by atoms with van der Waals surface area (Å²) in [5, 5.41) is 10.8. The van der Waals surface area contributed by atoms with Crippen molar-refractivity contribution in [1.29, 1.82) is 0 Å². The minimum Gasteiger partial charge on any atom is -0.469 e. The van der Waals surface area contributed by atoms with Gasteiger partial charge in [-0.3, -0.25) is 14.9 Å². The van der Waals surface area contributed by atoms with Crippen molar-refractivity contribution in [3.05, 3.63) is 28.3 Å². The van der Waals surface area contributed by atoms with Gasteiger partial charge in [0.1, 0.15) is 5.69 Å². The highest BCUT2D eigenvalue weighted by molar-refractivity contribution is 5.70. The van der Waals surface area contributed by atoms with Gasteiger partial charge in [0.25, 0.3) is 5.69 Å². The maximum Gasteiger partial charge on any atom is 0.308 e. The average Bonchev–Trinajstić information content (AvgIpc) is 2.47. The minimum atomic E-state index is -0.515. The lowest BCUT2D eigenvalue weighted by atomic mass is 10.1. The standard InChI is InChI=1S/C13H17N3O5/c1-20-13(17)7-10-8-15(4-5-21-10)9-2-3-12(16(18)19)11(14)6-9/h2-3,6,10H,4-5,7-8,14H2,1H3. The second-order valence-electron chi connectivity index (χ2n) is 4.72. The van der Waals surface area contributed by atoms with E-state index in [1.165, 1.54) is 13.2 Å². The molecular weight excluding hydrogens is 278 g/mol. The first-order chi connectivity index (χ1) is 10.0. The van der Waals surface area contributed by atoms with E-state index in [9.17, 15) is 14.9 Å². The average molecular weight is 295 g/mol. The Morgan fingerprint density at radius 3 is 3.00 bits per heavy atom. The van der Waals surface area contributed by atoms with E-state index in [4.69, 9.17) is 10.5 Å². The molecule has 0 spiro atoms. The zero-order chi connectivity index (χ0) is 15.4. The number of nitrogen functional groups attached to an aromatic ring is 1. The van der Waals surface area contributed by atoms with E-state index < -0.39 is 4.92 Å². The smallest absolute Gasteiger partial charge is 0.308 e. The Balaban J connectivity index is 2.09. The number of nitro groups is 1. The highest BCUT2D eigenvalue weighted by atomic mass is 16.6. The van der Waals surface area contributed by atoms with Crippen molar-refractivity contribution in [2.24, 2.45) is 0 Å². The predicted molar refractivity (Wildman–Crippen MR) is 76.1 cm³/mol. The molecule has 1 aromatic rings. The summed E-state index contributed by atoms with van der Waals surface area (Å²) in [5.74, 6) is -0.329. The lowest BCUT2D eigenvalue weighted by molar-refractivity contribution is -0.383. The molecule has 0 amide bonds. The van der Waals surface area contributed by atoms with E-state index in [2.05, 4.69) is 4.74 Å². The van der Waals surface area contributed by atoms with Gasteiger partial charge in [-0.25, -0.2) is 0 Å². The van der Waals surface area contributed by atoms with Crippen LogP contribution in [0.25, 0.3) is 0 Å². The first kappa shape index (κ1) is 15.0. The van der Waals surface area contributed by atoms with E-state index in [-0.39, 0.29) is 29.9 Å². The number of ether oxygens (including phenoxy) is 2. The third-order valence-corrected chi connectivity index (χ3v) is 3.33. The number of anilines is 2. The molecule has 2 rings (SSSR count). The van der Waals surface area contributed by atoms with Crippen LogP contribution in [0.4, 0.5) is 17.1 Å². The molecule has 1 aromatic carbocycles. The van der Waals surface area contributed by atoms with Gasteiger partial charge < -0.3 is 20.1 Å². The van der Waals surface area contributed by atoms with Gasteiger partial charge in [0.2, 0.25) is 0 Å². The van der Waals surface area contributed by atoms with Crippen LogP contribution in [0.5, 0.6) is 0 Å². The van der Waals surface area contributed by atoms with Crippen LogP contribution in [-0.2, 0) is 14.3 Å². The molecule has 1 aliphatic rings. The van der Waals surface area contributed by atoms with E-state index in [0.717, 1.165) is 5.69 Å². The van der Waals surface area contributed by atoms with Gasteiger partial charge in [-0.1, -0.05) is 0 Å². The molecule has 1 heterocycles. The number of nitrogens with two attached hydrogens (primary N) is 1. The summed E-state index contributed by atoms with van der Waals surface area (Å²) in [6.07, 6.45) is -0.0854. The van der Waals surface area contributed by atoms with Gasteiger partial charge in [0, 0.05) is 24.8 Å². The molecular formula is C13H17N3O5. The minimum absolute atomic E-state index is 0.113. The number of rotatable bonds is 4. The molecule has 114 valence electrons. The molecule has 1 unspecified atom stereocenters. The van der Waals surface area contributed by atoms with Gasteiger partial charge in [0.05, 0.1) is 31.2 Å². The van der Waals surface area contributed by atoms with Crippen molar-refractivity contribution >= 4 is 23.0 Å². The molecule has 8 heteroatoms. The normalized spacial score (nSPS) is 18.3. The summed E-state index contributed by atoms with van der Waals surface area (Å²) in [7, 11) is 1.33. The molecule has 0 aromatic heterocycles. The lowest BCUT2D eigenvalue weighted by Crippen LogP contribution is -2.43. The Morgan fingerprint density at radius 1 is 1.62 bits per heavy atom. The fourth-order valence-corrected chi connectivity index (χ4v) is 2.25. The van der Waals surface area contributed by atoms with Crippen molar-refractivity contribution in [1.82, 2.24) is 0 Å². The number of carbonyl (C=O) groups excluding carboxylic acids is 1. The fourth-order valence-electron chi connectivity index (χ4n) is 2.25. The van der Waals surface area contributed by atoms with Crippen LogP contribution in [0.1, 0.15) is 6.42 Å². The third-order valence-electron chi connectivity index (χ3n) is 3.33. The van der Waals surface area contributed by atoms with E-state index in [1.54, 1.807) is 12.1 Å². The molecule has 8 nitrogen and oxygen atoms in total. The molecule has 0 radical (unpaired) electrons. The van der Waals surface area contributed by atoms with Gasteiger partial charge >= 0.3 is 5.97 Å². The Labute approximate surface area is 121 Å². The number of hydrogen-bond donors (Lipinski definition) is 1. The molecule has 1 aliphatic heterocycles. The molecule has 1 fully saturated rings. The topological polar surface area (TPSA) is 108 Å². The summed E-state index contributed by atoms with van der Waals surface area (Å²) in [6, 6.07) is 4.60. The van der Waals surface area contributed by atoms with Gasteiger partial charge in [-0.2, -0.15) is 0 Å². The van der Waals surface area contributed by atoms with Crippen LogP contribution in [0.3, 0.4) is 0 Å². The number of morpholine rings is 1. The van der Waals surface area contributed by atoms with Gasteiger partial charge in [-0.15, -0.1) is 0 Å². The zero-order valence-corrected chi connectivity index (χ0v) is 11.7. The fraction of sp³-hybridized carbons (Fsp3) is 0.462. The van der Waals surface area contributed by atoms with Crippen LogP contribution in [0.2, 0.25) is 0 Å². The number of hydrogen-bond acceptors (Lipinski definition) is 7. The summed E-state index contributed by atoms with van der Waals surface area (Å²) < 4.78 is 10.1. The van der Waals surface area contributed by atoms with Crippen LogP contribution < -0.4 is 10.6 Å². The van der Waals surface area contributed by atoms with Gasteiger partial charge in [-0.05, 0) is 12.1 Å². The molecule has 0 saturated carbocycles. The maximum atomic E-state index is 11.3. The molecule has 0 aliphatic carbocycles. The maximum absolute atomic E-state index is 11.3. The highest BCUT2D eigenvalue weighted by Gasteiger charge is 2.24. The molecule has 2 N–H and O–H groups in total. The number of methoxy groups -OCH3 is 1. The molecule has 21 heavy (non-hydrogen) atoms. The zero-order valence-electron chi connectivity index (χ0n) is 11.7. The van der Waals surface area contributed by atoms with E-state index >= 15 is 0 Å². The second-order valence-corrected chi connectivity index (χ2v) is 4.72. The van der Waals surface area contributed by atoms with Crippen molar-refractivity contribution < 1.29 is 19.2 Å². The van der Waals surface area contributed by atoms with E-state index in [1.807, 2.05) is 4.90 Å². The third kappa shape index (κ3) is 3.60. The predicted octanol–water partition coefficient (Wildman–Crippen LogP) is 0.945. The Bertz CT molecular complexity index is 549. The Kier molecular flexibility index (Phi) is 4.59. The number of esters is 1. The summed E-state index contributed by atoms with van der Waals surface area (Å²) in [4.78, 5) is 23.5. The van der Waals surface area contributed by atoms with Crippen molar-refractivity contribution in [3.63, 3.8) is 0 Å². The van der Waals surface area contributed by atoms with Crippen molar-refractivity contribution in [3.8, 4) is 0 Å². The first-order valence-corrected chi connectivity index (χ1v) is 6.48. The summed E-state index contributed by atoms with van der Waals surface area (Å²) in [6.45, 7) is 1.61. The largest absolute Gasteiger partial charge is 0.469 e. The molecule has 0 bridgehead atoms. The van der Waals surface area contributed by atoms with Crippen LogP contribution in [0, 0.1) is 10.1 Å². The van der Waals surface area contributed by atoms with E-state index in [0.29, 0.717) is 19.7 Å². The second kappa shape index (κ2) is 6.40. The number of carbonyl (C=O) groups is 1. The van der Waals surface area contributed by atoms with Crippen LogP contribution in [-0.4, -0.2) is 43.8 Å². The quantitative estimate of drug-likeness (QED) is 0.381. The molecule has 1 saturated heterocycles. The van der Waals surface area contributed by atoms with Crippen LogP contribution >= 0.6 is 0 Å². The first-order valence-electron chi connectivity index (χ1n) is 6.48. The Morgan fingerprint density at radius 2 is 2.38 bits per heavy atom.